The summed E-state index contributed by atoms with van der Waals surface area (Å²) in [6.45, 7) is 4.11. The summed E-state index contributed by atoms with van der Waals surface area (Å²) in [5, 5.41) is 22.5. The first-order valence-corrected chi connectivity index (χ1v) is 12.8. The quantitative estimate of drug-likeness (QED) is 0.269. The van der Waals surface area contributed by atoms with Crippen LogP contribution in [0.5, 0.6) is 0 Å². The van der Waals surface area contributed by atoms with Crippen LogP contribution in [0.15, 0.2) is 59.5 Å². The van der Waals surface area contributed by atoms with E-state index in [1.807, 2.05) is 19.9 Å². The maximum Gasteiger partial charge on any atom is 0.404 e. The van der Waals surface area contributed by atoms with Crippen molar-refractivity contribution >= 4 is 27.9 Å². The zero-order valence-corrected chi connectivity index (χ0v) is 21.3. The van der Waals surface area contributed by atoms with Crippen molar-refractivity contribution in [3.05, 3.63) is 65.7 Å². The third-order valence-electron chi connectivity index (χ3n) is 5.25. The van der Waals surface area contributed by atoms with Gasteiger partial charge in [0.05, 0.1) is 17.0 Å². The first kappa shape index (κ1) is 29.0. The van der Waals surface area contributed by atoms with Crippen molar-refractivity contribution in [3.63, 3.8) is 0 Å². The molecule has 0 saturated heterocycles. The number of amides is 1. The number of aliphatic hydroxyl groups excluding tert-OH is 1. The molecule has 196 valence electrons. The number of nitrogens with one attached hydrogen (secondary N) is 1. The fraction of sp³-hybridized carbons (Fsp3) is 0.400. The van der Waals surface area contributed by atoms with Crippen molar-refractivity contribution in [2.45, 2.75) is 44.2 Å². The zero-order valence-electron chi connectivity index (χ0n) is 20.5. The third kappa shape index (κ3) is 8.74. The normalized spacial score (nSPS) is 13.3. The summed E-state index contributed by atoms with van der Waals surface area (Å²) in [4.78, 5) is 34.3. The number of carboxylic acid groups (broad SMARTS) is 1. The van der Waals surface area contributed by atoms with Gasteiger partial charge in [-0.2, -0.15) is 4.31 Å². The number of carbonyl (C=O) groups excluding carboxylic acids is 2. The van der Waals surface area contributed by atoms with Crippen LogP contribution in [0.1, 0.15) is 36.7 Å². The summed E-state index contributed by atoms with van der Waals surface area (Å²) >= 11 is 0. The van der Waals surface area contributed by atoms with E-state index in [9.17, 15) is 33.0 Å². The van der Waals surface area contributed by atoms with Crippen LogP contribution >= 0.6 is 0 Å². The molecule has 3 N–H and O–H groups in total. The summed E-state index contributed by atoms with van der Waals surface area (Å²) < 4.78 is 32.6. The van der Waals surface area contributed by atoms with Gasteiger partial charge in [0.15, 0.2) is 12.4 Å². The molecule has 36 heavy (non-hydrogen) atoms. The van der Waals surface area contributed by atoms with Gasteiger partial charge in [-0.1, -0.05) is 44.2 Å². The molecular formula is C25H32N2O8S. The maximum absolute atomic E-state index is 13.4. The number of nitrogens with zero attached hydrogens (tertiary/aromatic N) is 1. The molecule has 0 saturated carbocycles. The summed E-state index contributed by atoms with van der Waals surface area (Å²) in [6, 6.07) is 13.2. The Bertz CT molecular complexity index is 1130. The molecule has 10 nitrogen and oxygen atoms in total. The fourth-order valence-corrected chi connectivity index (χ4v) is 5.16. The van der Waals surface area contributed by atoms with E-state index in [1.165, 1.54) is 31.2 Å². The van der Waals surface area contributed by atoms with Crippen LogP contribution in [0, 0.1) is 5.92 Å². The second kappa shape index (κ2) is 13.1. The van der Waals surface area contributed by atoms with Crippen molar-refractivity contribution in [2.24, 2.45) is 5.92 Å². The van der Waals surface area contributed by atoms with E-state index >= 15 is 0 Å². The number of rotatable bonds is 13. The Labute approximate surface area is 210 Å². The van der Waals surface area contributed by atoms with Crippen LogP contribution < -0.4 is 5.32 Å². The standard InChI is InChI=1S/C25H32N2O8S/c1-17(2)14-27(15-23(29)22(26-25(31)32)13-19-7-5-4-6-8-19)36(33,34)21-11-9-20(10-12-21)24(30)16-35-18(3)28/h4-12,17,22-23,26,29H,13-16H2,1-3H3,(H,31,32)/t22-,23+/m0/s1. The average molecular weight is 521 g/mol. The monoisotopic (exact) mass is 520 g/mol. The number of ketones is 1. The molecule has 0 unspecified atom stereocenters. The number of hydrogen-bond donors (Lipinski definition) is 3. The number of benzene rings is 2. The summed E-state index contributed by atoms with van der Waals surface area (Å²) in [5.41, 5.74) is 0.960. The predicted octanol–water partition coefficient (Wildman–Crippen LogP) is 2.32. The minimum absolute atomic E-state index is 0.0810. The molecule has 2 aromatic rings. The molecule has 0 spiro atoms. The van der Waals surface area contributed by atoms with Crippen molar-refractivity contribution in [1.82, 2.24) is 9.62 Å². The Morgan fingerprint density at radius 3 is 2.14 bits per heavy atom. The van der Waals surface area contributed by atoms with Crippen LogP contribution in [-0.2, 0) is 26.0 Å². The van der Waals surface area contributed by atoms with Gasteiger partial charge in [-0.05, 0) is 42.2 Å². The topological polar surface area (TPSA) is 150 Å². The molecule has 2 rings (SSSR count). The van der Waals surface area contributed by atoms with Gasteiger partial charge in [0, 0.05) is 25.6 Å². The number of hydrogen-bond acceptors (Lipinski definition) is 7. The molecular weight excluding hydrogens is 488 g/mol. The van der Waals surface area contributed by atoms with E-state index in [1.54, 1.807) is 24.3 Å². The van der Waals surface area contributed by atoms with Gasteiger partial charge in [0.25, 0.3) is 0 Å². The van der Waals surface area contributed by atoms with Crippen LogP contribution in [0.4, 0.5) is 4.79 Å². The van der Waals surface area contributed by atoms with E-state index < -0.39 is 46.6 Å². The molecule has 0 aliphatic rings. The van der Waals surface area contributed by atoms with Gasteiger partial charge in [-0.3, -0.25) is 9.59 Å². The second-order valence-electron chi connectivity index (χ2n) is 8.76. The van der Waals surface area contributed by atoms with Crippen molar-refractivity contribution in [3.8, 4) is 0 Å². The van der Waals surface area contributed by atoms with Gasteiger partial charge in [-0.15, -0.1) is 0 Å². The zero-order chi connectivity index (χ0) is 26.9. The SMILES string of the molecule is CC(=O)OCC(=O)c1ccc(S(=O)(=O)N(CC(C)C)C[C@@H](O)[C@H](Cc2ccccc2)NC(=O)O)cc1. The predicted molar refractivity (Wildman–Crippen MR) is 132 cm³/mol. The Kier molecular flexibility index (Phi) is 10.6. The molecule has 0 aliphatic heterocycles. The van der Waals surface area contributed by atoms with Crippen molar-refractivity contribution in [2.75, 3.05) is 19.7 Å². The lowest BCUT2D eigenvalue weighted by molar-refractivity contribution is -0.139. The van der Waals surface area contributed by atoms with Crippen LogP contribution in [-0.4, -0.2) is 72.6 Å². The lowest BCUT2D eigenvalue weighted by Crippen LogP contribution is -2.50. The van der Waals surface area contributed by atoms with Crippen molar-refractivity contribution < 1.29 is 37.8 Å². The maximum atomic E-state index is 13.4. The minimum Gasteiger partial charge on any atom is -0.465 e. The van der Waals surface area contributed by atoms with E-state index in [2.05, 4.69) is 10.1 Å². The Balaban J connectivity index is 2.26. The van der Waals surface area contributed by atoms with Crippen LogP contribution in [0.3, 0.4) is 0 Å². The first-order valence-electron chi connectivity index (χ1n) is 11.4. The Morgan fingerprint density at radius 2 is 1.61 bits per heavy atom. The largest absolute Gasteiger partial charge is 0.465 e. The Morgan fingerprint density at radius 1 is 1.00 bits per heavy atom. The highest BCUT2D eigenvalue weighted by Crippen LogP contribution is 2.20. The number of ether oxygens (including phenoxy) is 1. The summed E-state index contributed by atoms with van der Waals surface area (Å²) in [7, 11) is -4.09. The molecule has 11 heteroatoms. The van der Waals surface area contributed by atoms with Gasteiger partial charge in [0.2, 0.25) is 10.0 Å². The third-order valence-corrected chi connectivity index (χ3v) is 7.10. The molecule has 2 atom stereocenters. The molecule has 1 amide bonds. The lowest BCUT2D eigenvalue weighted by Gasteiger charge is -2.30. The van der Waals surface area contributed by atoms with Gasteiger partial charge in [0.1, 0.15) is 0 Å². The number of Topliss-reactive ketones (excluding diaryl/α,β-unsaturated/α-hetero) is 1. The molecule has 0 heterocycles. The molecule has 2 aromatic carbocycles. The smallest absolute Gasteiger partial charge is 0.404 e. The van der Waals surface area contributed by atoms with E-state index in [0.717, 1.165) is 9.87 Å². The number of sulfonamides is 1. The van der Waals surface area contributed by atoms with Gasteiger partial charge < -0.3 is 20.3 Å². The fourth-order valence-electron chi connectivity index (χ4n) is 3.54. The molecule has 0 fully saturated rings. The van der Waals surface area contributed by atoms with E-state index in [0.29, 0.717) is 0 Å². The highest BCUT2D eigenvalue weighted by molar-refractivity contribution is 7.89. The Hall–Kier alpha value is -3.28. The van der Waals surface area contributed by atoms with Gasteiger partial charge in [-0.25, -0.2) is 13.2 Å². The highest BCUT2D eigenvalue weighted by Gasteiger charge is 2.31. The highest BCUT2D eigenvalue weighted by atomic mass is 32.2. The van der Waals surface area contributed by atoms with Gasteiger partial charge >= 0.3 is 12.1 Å². The molecule has 0 radical (unpaired) electrons. The lowest BCUT2D eigenvalue weighted by atomic mass is 10.0. The van der Waals surface area contributed by atoms with E-state index in [4.69, 9.17) is 0 Å². The number of esters is 1. The summed E-state index contributed by atoms with van der Waals surface area (Å²) in [6.07, 6.45) is -2.50. The number of aliphatic hydroxyl groups is 1. The molecule has 0 aromatic heterocycles. The molecule has 0 aliphatic carbocycles. The molecule has 0 bridgehead atoms. The summed E-state index contributed by atoms with van der Waals surface area (Å²) in [5.74, 6) is -1.17. The van der Waals surface area contributed by atoms with Crippen LogP contribution in [0.2, 0.25) is 0 Å². The number of carbonyl (C=O) groups is 3. The minimum atomic E-state index is -4.09. The second-order valence-corrected chi connectivity index (χ2v) is 10.7. The average Bonchev–Trinajstić information content (AvgIpc) is 2.81. The van der Waals surface area contributed by atoms with Crippen molar-refractivity contribution in [1.29, 1.82) is 0 Å². The first-order chi connectivity index (χ1) is 16.9. The van der Waals surface area contributed by atoms with Crippen LogP contribution in [0.25, 0.3) is 0 Å². The van der Waals surface area contributed by atoms with E-state index in [-0.39, 0.29) is 35.9 Å².